The first-order valence-corrected chi connectivity index (χ1v) is 9.22. The Morgan fingerprint density at radius 2 is 1.90 bits per heavy atom. The fraction of sp³-hybridized carbons (Fsp3) is 0.250. The van der Waals surface area contributed by atoms with Crippen molar-refractivity contribution in [3.8, 4) is 11.3 Å². The average Bonchev–Trinajstić information content (AvgIpc) is 3.20. The summed E-state index contributed by atoms with van der Waals surface area (Å²) in [6.07, 6.45) is 4.52. The fourth-order valence-electron chi connectivity index (χ4n) is 3.48. The van der Waals surface area contributed by atoms with Gasteiger partial charge in [-0.2, -0.15) is 0 Å². The van der Waals surface area contributed by atoms with Crippen molar-refractivity contribution in [2.45, 2.75) is 18.8 Å². The largest absolute Gasteiger partial charge is 0.338 e. The summed E-state index contributed by atoms with van der Waals surface area (Å²) in [6.45, 7) is 0.100. The first kappa shape index (κ1) is 17.6. The van der Waals surface area contributed by atoms with Gasteiger partial charge in [-0.1, -0.05) is 0 Å². The van der Waals surface area contributed by atoms with E-state index >= 15 is 0 Å². The number of fused-ring (bicyclic) bond motifs is 2. The van der Waals surface area contributed by atoms with Crippen molar-refractivity contribution < 1.29 is 13.6 Å². The number of hydrogen-bond donors (Lipinski definition) is 0. The maximum atomic E-state index is 13.4. The highest BCUT2D eigenvalue weighted by atomic mass is 19.3. The first-order chi connectivity index (χ1) is 14.0. The highest BCUT2D eigenvalue weighted by Gasteiger charge is 2.35. The molecule has 0 N–H and O–H groups in total. The lowest BCUT2D eigenvalue weighted by Crippen LogP contribution is -2.42. The van der Waals surface area contributed by atoms with Crippen LogP contribution in [0.4, 0.5) is 8.78 Å². The standard InChI is InChI=1S/C20H16F2N6O/c21-20(22)5-7-27(8-6-20)19(29)13-1-3-15-16(9-13)25-17(10-23-15)14-2-4-18-26-24-12-28(18)11-14/h1-4,9-12H,5-8H2. The van der Waals surface area contributed by atoms with Gasteiger partial charge >= 0.3 is 0 Å². The van der Waals surface area contributed by atoms with Gasteiger partial charge in [0.05, 0.1) is 22.9 Å². The molecule has 1 aliphatic rings. The van der Waals surface area contributed by atoms with Gasteiger partial charge in [0.1, 0.15) is 6.33 Å². The van der Waals surface area contributed by atoms with E-state index in [2.05, 4.69) is 20.2 Å². The van der Waals surface area contributed by atoms with E-state index in [4.69, 9.17) is 0 Å². The molecule has 0 bridgehead atoms. The van der Waals surface area contributed by atoms with Crippen LogP contribution in [-0.4, -0.2) is 54.4 Å². The molecule has 146 valence electrons. The molecular formula is C20H16F2N6O. The number of pyridine rings is 1. The minimum Gasteiger partial charge on any atom is -0.338 e. The van der Waals surface area contributed by atoms with Crippen LogP contribution in [0.1, 0.15) is 23.2 Å². The topological polar surface area (TPSA) is 76.3 Å². The highest BCUT2D eigenvalue weighted by Crippen LogP contribution is 2.28. The molecule has 1 saturated heterocycles. The van der Waals surface area contributed by atoms with Gasteiger partial charge in [-0.05, 0) is 30.3 Å². The predicted octanol–water partition coefficient (Wildman–Crippen LogP) is 3.21. The minimum absolute atomic E-state index is 0.0501. The van der Waals surface area contributed by atoms with Crippen molar-refractivity contribution in [2.75, 3.05) is 13.1 Å². The molecule has 4 aromatic rings. The van der Waals surface area contributed by atoms with Crippen LogP contribution in [0.15, 0.2) is 49.1 Å². The summed E-state index contributed by atoms with van der Waals surface area (Å²) >= 11 is 0. The number of likely N-dealkylation sites (tertiary alicyclic amines) is 1. The van der Waals surface area contributed by atoms with Gasteiger partial charge in [0, 0.05) is 43.3 Å². The van der Waals surface area contributed by atoms with E-state index in [0.29, 0.717) is 22.3 Å². The summed E-state index contributed by atoms with van der Waals surface area (Å²) in [5.41, 5.74) is 3.85. The molecule has 0 spiro atoms. The second-order valence-electron chi connectivity index (χ2n) is 7.12. The third kappa shape index (κ3) is 3.28. The predicted molar refractivity (Wildman–Crippen MR) is 102 cm³/mol. The molecule has 29 heavy (non-hydrogen) atoms. The number of alkyl halides is 2. The van der Waals surface area contributed by atoms with Crippen molar-refractivity contribution >= 4 is 22.6 Å². The number of hydrogen-bond acceptors (Lipinski definition) is 5. The van der Waals surface area contributed by atoms with Crippen LogP contribution in [-0.2, 0) is 0 Å². The molecule has 0 radical (unpaired) electrons. The lowest BCUT2D eigenvalue weighted by molar-refractivity contribution is -0.0494. The molecule has 3 aromatic heterocycles. The zero-order valence-corrected chi connectivity index (χ0v) is 15.3. The smallest absolute Gasteiger partial charge is 0.253 e. The maximum Gasteiger partial charge on any atom is 0.253 e. The zero-order valence-electron chi connectivity index (χ0n) is 15.3. The Morgan fingerprint density at radius 1 is 1.07 bits per heavy atom. The molecule has 5 rings (SSSR count). The fourth-order valence-corrected chi connectivity index (χ4v) is 3.48. The molecular weight excluding hydrogens is 378 g/mol. The van der Waals surface area contributed by atoms with Crippen LogP contribution < -0.4 is 0 Å². The van der Waals surface area contributed by atoms with Crippen molar-refractivity contribution in [3.05, 3.63) is 54.6 Å². The van der Waals surface area contributed by atoms with Crippen molar-refractivity contribution in [3.63, 3.8) is 0 Å². The normalized spacial score (nSPS) is 16.4. The number of amides is 1. The quantitative estimate of drug-likeness (QED) is 0.522. The monoisotopic (exact) mass is 394 g/mol. The third-order valence-corrected chi connectivity index (χ3v) is 5.16. The minimum atomic E-state index is -2.69. The molecule has 1 fully saturated rings. The molecule has 0 saturated carbocycles. The first-order valence-electron chi connectivity index (χ1n) is 9.22. The van der Waals surface area contributed by atoms with Crippen LogP contribution in [0.3, 0.4) is 0 Å². The number of rotatable bonds is 2. The average molecular weight is 394 g/mol. The van der Waals surface area contributed by atoms with E-state index in [1.807, 2.05) is 18.3 Å². The van der Waals surface area contributed by atoms with Crippen molar-refractivity contribution in [1.29, 1.82) is 0 Å². The van der Waals surface area contributed by atoms with E-state index < -0.39 is 5.92 Å². The second kappa shape index (κ2) is 6.54. The highest BCUT2D eigenvalue weighted by molar-refractivity contribution is 5.97. The Morgan fingerprint density at radius 3 is 2.72 bits per heavy atom. The zero-order chi connectivity index (χ0) is 20.0. The Bertz CT molecular complexity index is 1230. The van der Waals surface area contributed by atoms with Crippen molar-refractivity contribution in [2.24, 2.45) is 0 Å². The van der Waals surface area contributed by atoms with E-state index in [-0.39, 0.29) is 31.8 Å². The number of carbonyl (C=O) groups excluding carboxylic acids is 1. The van der Waals surface area contributed by atoms with Gasteiger partial charge < -0.3 is 4.90 Å². The van der Waals surface area contributed by atoms with E-state index in [1.165, 1.54) is 4.90 Å². The number of piperidine rings is 1. The summed E-state index contributed by atoms with van der Waals surface area (Å²) < 4.78 is 28.5. The van der Waals surface area contributed by atoms with Crippen LogP contribution >= 0.6 is 0 Å². The van der Waals surface area contributed by atoms with Gasteiger partial charge in [0.25, 0.3) is 11.8 Å². The van der Waals surface area contributed by atoms with Crippen LogP contribution in [0.5, 0.6) is 0 Å². The summed E-state index contributed by atoms with van der Waals surface area (Å²) in [4.78, 5) is 23.3. The lowest BCUT2D eigenvalue weighted by Gasteiger charge is -2.31. The lowest BCUT2D eigenvalue weighted by atomic mass is 10.1. The van der Waals surface area contributed by atoms with Gasteiger partial charge in [0.15, 0.2) is 5.65 Å². The van der Waals surface area contributed by atoms with Crippen molar-refractivity contribution in [1.82, 2.24) is 29.5 Å². The molecule has 1 aliphatic heterocycles. The Hall–Kier alpha value is -3.49. The second-order valence-corrected chi connectivity index (χ2v) is 7.12. The van der Waals surface area contributed by atoms with Crippen LogP contribution in [0.25, 0.3) is 27.9 Å². The van der Waals surface area contributed by atoms with Gasteiger partial charge in [0.2, 0.25) is 0 Å². The van der Waals surface area contributed by atoms with E-state index in [1.54, 1.807) is 35.1 Å². The SMILES string of the molecule is O=C(c1ccc2ncc(-c3ccc4nncn4c3)nc2c1)N1CCC(F)(F)CC1. The van der Waals surface area contributed by atoms with Crippen LogP contribution in [0.2, 0.25) is 0 Å². The van der Waals surface area contributed by atoms with E-state index in [9.17, 15) is 13.6 Å². The molecule has 7 nitrogen and oxygen atoms in total. The number of aromatic nitrogens is 5. The van der Waals surface area contributed by atoms with Gasteiger partial charge in [-0.3, -0.25) is 14.2 Å². The summed E-state index contributed by atoms with van der Waals surface area (Å²) in [5, 5.41) is 7.83. The molecule has 1 aromatic carbocycles. The molecule has 0 atom stereocenters. The molecule has 1 amide bonds. The number of carbonyl (C=O) groups is 1. The molecule has 0 unspecified atom stereocenters. The summed E-state index contributed by atoms with van der Waals surface area (Å²) in [6, 6.07) is 8.76. The third-order valence-electron chi connectivity index (χ3n) is 5.16. The molecule has 0 aliphatic carbocycles. The number of nitrogens with zero attached hydrogens (tertiary/aromatic N) is 6. The Labute approximate surface area is 164 Å². The molecule has 9 heteroatoms. The maximum absolute atomic E-state index is 13.4. The molecule has 4 heterocycles. The number of benzene rings is 1. The van der Waals surface area contributed by atoms with Gasteiger partial charge in [-0.15, -0.1) is 10.2 Å². The van der Waals surface area contributed by atoms with E-state index in [0.717, 1.165) is 11.2 Å². The Balaban J connectivity index is 1.47. The van der Waals surface area contributed by atoms with Gasteiger partial charge in [-0.25, -0.2) is 13.8 Å². The summed E-state index contributed by atoms with van der Waals surface area (Å²) in [7, 11) is 0. The Kier molecular flexibility index (Phi) is 3.97. The van der Waals surface area contributed by atoms with Crippen LogP contribution in [0, 0.1) is 0 Å². The summed E-state index contributed by atoms with van der Waals surface area (Å²) in [5.74, 6) is -2.95. The number of halogens is 2.